The largest absolute Gasteiger partial charge is 0.367 e. The second kappa shape index (κ2) is 8.29. The highest BCUT2D eigenvalue weighted by Gasteiger charge is 2.26. The fourth-order valence-corrected chi connectivity index (χ4v) is 3.49. The molecule has 1 N–H and O–H groups in total. The van der Waals surface area contributed by atoms with Crippen molar-refractivity contribution in [3.8, 4) is 0 Å². The molecule has 24 heavy (non-hydrogen) atoms. The number of hydrogen-bond donors (Lipinski definition) is 1. The van der Waals surface area contributed by atoms with E-state index in [4.69, 9.17) is 0 Å². The fraction of sp³-hybridized carbons (Fsp3) is 0.476. The van der Waals surface area contributed by atoms with Crippen molar-refractivity contribution in [1.82, 2.24) is 9.88 Å². The van der Waals surface area contributed by atoms with Gasteiger partial charge in [-0.15, -0.1) is 0 Å². The van der Waals surface area contributed by atoms with Crippen LogP contribution in [0.1, 0.15) is 56.7 Å². The fourth-order valence-electron chi connectivity index (χ4n) is 3.49. The first-order valence-corrected chi connectivity index (χ1v) is 9.27. The molecule has 0 spiro atoms. The Morgan fingerprint density at radius 3 is 2.79 bits per heavy atom. The molecule has 0 amide bonds. The molecule has 2 aromatic rings. The van der Waals surface area contributed by atoms with Crippen LogP contribution in [0.25, 0.3) is 0 Å². The van der Waals surface area contributed by atoms with Gasteiger partial charge in [0.15, 0.2) is 0 Å². The van der Waals surface area contributed by atoms with E-state index >= 15 is 0 Å². The van der Waals surface area contributed by atoms with Gasteiger partial charge in [0.1, 0.15) is 5.82 Å². The van der Waals surface area contributed by atoms with Gasteiger partial charge in [0.2, 0.25) is 0 Å². The third-order valence-corrected chi connectivity index (χ3v) is 5.04. The third-order valence-electron chi connectivity index (χ3n) is 5.04. The summed E-state index contributed by atoms with van der Waals surface area (Å²) in [5.74, 6) is 1.07. The van der Waals surface area contributed by atoms with Crippen molar-refractivity contribution >= 4 is 5.82 Å². The number of benzene rings is 1. The third kappa shape index (κ3) is 4.15. The van der Waals surface area contributed by atoms with Crippen molar-refractivity contribution in [1.29, 1.82) is 0 Å². The van der Waals surface area contributed by atoms with E-state index in [-0.39, 0.29) is 0 Å². The van der Waals surface area contributed by atoms with Gasteiger partial charge in [-0.1, -0.05) is 49.7 Å². The highest BCUT2D eigenvalue weighted by atomic mass is 15.2. The number of pyridine rings is 1. The highest BCUT2D eigenvalue weighted by molar-refractivity contribution is 5.46. The lowest BCUT2D eigenvalue weighted by atomic mass is 9.94. The van der Waals surface area contributed by atoms with Crippen molar-refractivity contribution in [2.75, 3.05) is 11.9 Å². The molecule has 3 nitrogen and oxygen atoms in total. The Hall–Kier alpha value is -1.87. The lowest BCUT2D eigenvalue weighted by Gasteiger charge is -2.37. The van der Waals surface area contributed by atoms with Crippen LogP contribution in [0, 0.1) is 0 Å². The number of nitrogens with one attached hydrogen (secondary N) is 1. The Morgan fingerprint density at radius 1 is 1.17 bits per heavy atom. The molecule has 0 saturated carbocycles. The molecule has 0 unspecified atom stereocenters. The zero-order valence-corrected chi connectivity index (χ0v) is 14.9. The molecule has 1 aliphatic rings. The maximum Gasteiger partial charge on any atom is 0.130 e. The van der Waals surface area contributed by atoms with Crippen LogP contribution in [0.15, 0.2) is 48.7 Å². The van der Waals surface area contributed by atoms with Gasteiger partial charge in [-0.05, 0) is 44.4 Å². The number of likely N-dealkylation sites (tertiary alicyclic amines) is 1. The van der Waals surface area contributed by atoms with E-state index < -0.39 is 0 Å². The molecular formula is C21H29N3. The molecule has 0 bridgehead atoms. The zero-order chi connectivity index (χ0) is 16.8. The first-order chi connectivity index (χ1) is 11.8. The summed E-state index contributed by atoms with van der Waals surface area (Å²) in [5, 5.41) is 3.60. The summed E-state index contributed by atoms with van der Waals surface area (Å²) in [7, 11) is 0. The van der Waals surface area contributed by atoms with Crippen LogP contribution in [-0.4, -0.2) is 22.5 Å². The average molecular weight is 323 g/mol. The van der Waals surface area contributed by atoms with E-state index in [1.807, 2.05) is 6.20 Å². The molecule has 1 aromatic carbocycles. The van der Waals surface area contributed by atoms with E-state index in [2.05, 4.69) is 71.5 Å². The van der Waals surface area contributed by atoms with Gasteiger partial charge in [0.25, 0.3) is 0 Å². The van der Waals surface area contributed by atoms with Gasteiger partial charge in [-0.2, -0.15) is 0 Å². The summed E-state index contributed by atoms with van der Waals surface area (Å²) in [6, 6.07) is 16.1. The first-order valence-electron chi connectivity index (χ1n) is 9.27. The monoisotopic (exact) mass is 323 g/mol. The molecule has 2 atom stereocenters. The van der Waals surface area contributed by atoms with E-state index in [0.717, 1.165) is 25.3 Å². The quantitative estimate of drug-likeness (QED) is 0.809. The number of nitrogens with zero attached hydrogens (tertiary/aromatic N) is 2. The Bertz CT molecular complexity index is 626. The van der Waals surface area contributed by atoms with Crippen LogP contribution in [0.4, 0.5) is 5.82 Å². The van der Waals surface area contributed by atoms with Crippen LogP contribution in [-0.2, 0) is 6.54 Å². The Morgan fingerprint density at radius 2 is 2.00 bits per heavy atom. The van der Waals surface area contributed by atoms with Crippen LogP contribution in [0.3, 0.4) is 0 Å². The predicted octanol–water partition coefficient (Wildman–Crippen LogP) is 5.02. The highest BCUT2D eigenvalue weighted by Crippen LogP contribution is 2.35. The summed E-state index contributed by atoms with van der Waals surface area (Å²) in [5.41, 5.74) is 2.75. The molecule has 1 aromatic heterocycles. The summed E-state index contributed by atoms with van der Waals surface area (Å²) in [4.78, 5) is 7.27. The Kier molecular flexibility index (Phi) is 5.86. The summed E-state index contributed by atoms with van der Waals surface area (Å²) >= 11 is 0. The number of anilines is 1. The van der Waals surface area contributed by atoms with Gasteiger partial charge < -0.3 is 5.32 Å². The van der Waals surface area contributed by atoms with E-state index in [0.29, 0.717) is 12.1 Å². The predicted molar refractivity (Wildman–Crippen MR) is 101 cm³/mol. The van der Waals surface area contributed by atoms with E-state index in [1.165, 1.54) is 30.4 Å². The summed E-state index contributed by atoms with van der Waals surface area (Å²) in [6.07, 6.45) is 6.81. The number of piperidine rings is 1. The SMILES string of the molecule is CC[C@@H](C)Nc1ncccc1[C@@H]1CCCCN1Cc1ccccc1. The number of rotatable bonds is 6. The van der Waals surface area contributed by atoms with Gasteiger partial charge in [-0.3, -0.25) is 4.90 Å². The van der Waals surface area contributed by atoms with Crippen molar-refractivity contribution in [3.05, 3.63) is 59.8 Å². The van der Waals surface area contributed by atoms with Crippen molar-refractivity contribution in [3.63, 3.8) is 0 Å². The minimum absolute atomic E-state index is 0.449. The van der Waals surface area contributed by atoms with Gasteiger partial charge >= 0.3 is 0 Å². The van der Waals surface area contributed by atoms with E-state index in [9.17, 15) is 0 Å². The molecule has 1 aliphatic heterocycles. The van der Waals surface area contributed by atoms with Gasteiger partial charge in [-0.25, -0.2) is 4.98 Å². The molecule has 1 saturated heterocycles. The molecule has 1 fully saturated rings. The Labute approximate surface area is 146 Å². The molecule has 128 valence electrons. The number of aromatic nitrogens is 1. The van der Waals surface area contributed by atoms with Crippen molar-refractivity contribution < 1.29 is 0 Å². The average Bonchev–Trinajstić information content (AvgIpc) is 2.63. The lowest BCUT2D eigenvalue weighted by molar-refractivity contribution is 0.140. The smallest absolute Gasteiger partial charge is 0.130 e. The van der Waals surface area contributed by atoms with E-state index in [1.54, 1.807) is 0 Å². The summed E-state index contributed by atoms with van der Waals surface area (Å²) in [6.45, 7) is 6.62. The molecular weight excluding hydrogens is 294 g/mol. The second-order valence-corrected chi connectivity index (χ2v) is 6.86. The second-order valence-electron chi connectivity index (χ2n) is 6.86. The maximum atomic E-state index is 4.65. The maximum absolute atomic E-state index is 4.65. The molecule has 3 rings (SSSR count). The van der Waals surface area contributed by atoms with Gasteiger partial charge in [0, 0.05) is 30.4 Å². The van der Waals surface area contributed by atoms with Crippen LogP contribution in [0.2, 0.25) is 0 Å². The minimum Gasteiger partial charge on any atom is -0.367 e. The van der Waals surface area contributed by atoms with Crippen LogP contribution in [0.5, 0.6) is 0 Å². The van der Waals surface area contributed by atoms with Gasteiger partial charge in [0.05, 0.1) is 0 Å². The lowest BCUT2D eigenvalue weighted by Crippen LogP contribution is -2.33. The molecule has 2 heterocycles. The first kappa shape index (κ1) is 17.0. The topological polar surface area (TPSA) is 28.2 Å². The Balaban J connectivity index is 1.83. The van der Waals surface area contributed by atoms with Crippen molar-refractivity contribution in [2.45, 2.75) is 58.2 Å². The molecule has 3 heteroatoms. The zero-order valence-electron chi connectivity index (χ0n) is 14.9. The molecule has 0 aliphatic carbocycles. The number of hydrogen-bond acceptors (Lipinski definition) is 3. The van der Waals surface area contributed by atoms with Crippen LogP contribution < -0.4 is 5.32 Å². The van der Waals surface area contributed by atoms with Crippen LogP contribution >= 0.6 is 0 Å². The normalized spacial score (nSPS) is 19.8. The standard InChI is InChI=1S/C21H29N3/c1-3-17(2)23-21-19(12-9-14-22-21)20-13-7-8-15-24(20)16-18-10-5-4-6-11-18/h4-6,9-12,14,17,20H,3,7-8,13,15-16H2,1-2H3,(H,22,23)/t17-,20+/m1/s1. The van der Waals surface area contributed by atoms with Crippen molar-refractivity contribution in [2.24, 2.45) is 0 Å². The molecule has 0 radical (unpaired) electrons. The minimum atomic E-state index is 0.449. The summed E-state index contributed by atoms with van der Waals surface area (Å²) < 4.78 is 0.